The van der Waals surface area contributed by atoms with Gasteiger partial charge < -0.3 is 5.11 Å². The van der Waals surface area contributed by atoms with Crippen LogP contribution in [0.1, 0.15) is 27.2 Å². The minimum atomic E-state index is -3.89. The second kappa shape index (κ2) is 5.64. The summed E-state index contributed by atoms with van der Waals surface area (Å²) in [5.41, 5.74) is -0.396. The molecule has 17 heavy (non-hydrogen) atoms. The molecule has 8 heteroatoms. The molecule has 0 aromatic carbocycles. The predicted octanol–water partition coefficient (Wildman–Crippen LogP) is -0.295. The highest BCUT2D eigenvalue weighted by Crippen LogP contribution is 2.22. The summed E-state index contributed by atoms with van der Waals surface area (Å²) in [5.74, 6) is 0. The monoisotopic (exact) mass is 287 g/mol. The van der Waals surface area contributed by atoms with Gasteiger partial charge in [-0.25, -0.2) is 21.6 Å². The van der Waals surface area contributed by atoms with Crippen LogP contribution < -0.4 is 4.72 Å². The molecular formula is C9H21NO5S2. The lowest BCUT2D eigenvalue weighted by Crippen LogP contribution is -2.45. The normalized spacial score (nSPS) is 15.8. The van der Waals surface area contributed by atoms with Gasteiger partial charge in [-0.2, -0.15) is 0 Å². The van der Waals surface area contributed by atoms with Crippen molar-refractivity contribution < 1.29 is 21.9 Å². The first-order valence-electron chi connectivity index (χ1n) is 5.16. The van der Waals surface area contributed by atoms with Gasteiger partial charge in [0, 0.05) is 18.9 Å². The summed E-state index contributed by atoms with van der Waals surface area (Å²) >= 11 is 0. The maximum absolute atomic E-state index is 11.6. The average molecular weight is 287 g/mol. The van der Waals surface area contributed by atoms with E-state index in [1.807, 2.05) is 20.8 Å². The van der Waals surface area contributed by atoms with Crippen molar-refractivity contribution >= 4 is 19.9 Å². The van der Waals surface area contributed by atoms with E-state index in [4.69, 9.17) is 5.11 Å². The predicted molar refractivity (Wildman–Crippen MR) is 66.7 cm³/mol. The largest absolute Gasteiger partial charge is 0.396 e. The number of sulfonamides is 1. The van der Waals surface area contributed by atoms with Crippen molar-refractivity contribution in [3.8, 4) is 0 Å². The molecule has 0 spiro atoms. The van der Waals surface area contributed by atoms with E-state index in [-0.39, 0.29) is 13.0 Å². The van der Waals surface area contributed by atoms with Crippen LogP contribution in [0.2, 0.25) is 0 Å². The molecule has 104 valence electrons. The zero-order valence-corrected chi connectivity index (χ0v) is 12.2. The molecule has 1 atom stereocenters. The number of hydrogen-bond acceptors (Lipinski definition) is 5. The Bertz CT molecular complexity index is 432. The summed E-state index contributed by atoms with van der Waals surface area (Å²) in [7, 11) is -7.49. The van der Waals surface area contributed by atoms with Crippen LogP contribution in [0.5, 0.6) is 0 Å². The van der Waals surface area contributed by atoms with Crippen LogP contribution >= 0.6 is 0 Å². The van der Waals surface area contributed by atoms with E-state index < -0.39 is 36.4 Å². The maximum Gasteiger partial charge on any atom is 0.226 e. The van der Waals surface area contributed by atoms with Gasteiger partial charge in [-0.1, -0.05) is 20.8 Å². The lowest BCUT2D eigenvalue weighted by Gasteiger charge is -2.30. The highest BCUT2D eigenvalue weighted by molar-refractivity contribution is 8.06. The Balaban J connectivity index is 4.89. The molecule has 0 radical (unpaired) electrons. The Kier molecular flexibility index (Phi) is 5.58. The summed E-state index contributed by atoms with van der Waals surface area (Å²) in [6.45, 7) is 5.28. The molecule has 0 aromatic rings. The zero-order chi connectivity index (χ0) is 13.9. The number of aliphatic hydroxyl groups excluding tert-OH is 1. The quantitative estimate of drug-likeness (QED) is 0.699. The van der Waals surface area contributed by atoms with Gasteiger partial charge in [0.25, 0.3) is 0 Å². The zero-order valence-electron chi connectivity index (χ0n) is 10.6. The van der Waals surface area contributed by atoms with Crippen LogP contribution in [0.4, 0.5) is 0 Å². The lowest BCUT2D eigenvalue weighted by atomic mass is 9.86. The molecule has 0 aromatic heterocycles. The first-order valence-corrected chi connectivity index (χ1v) is 8.87. The van der Waals surface area contributed by atoms with Gasteiger partial charge in [-0.05, 0) is 11.8 Å². The van der Waals surface area contributed by atoms with Gasteiger partial charge in [0.2, 0.25) is 10.0 Å². The summed E-state index contributed by atoms with van der Waals surface area (Å²) in [6, 6.07) is -0.501. The van der Waals surface area contributed by atoms with Crippen molar-refractivity contribution in [2.45, 2.75) is 33.2 Å². The first kappa shape index (κ1) is 16.8. The van der Waals surface area contributed by atoms with E-state index in [0.717, 1.165) is 6.26 Å². The van der Waals surface area contributed by atoms with Gasteiger partial charge in [-0.3, -0.25) is 0 Å². The van der Waals surface area contributed by atoms with Crippen LogP contribution in [0.3, 0.4) is 0 Å². The Labute approximate surface area is 103 Å². The van der Waals surface area contributed by atoms with Crippen molar-refractivity contribution in [3.63, 3.8) is 0 Å². The van der Waals surface area contributed by atoms with E-state index in [0.29, 0.717) is 0 Å². The number of aliphatic hydroxyl groups is 1. The highest BCUT2D eigenvalue weighted by Gasteiger charge is 2.29. The highest BCUT2D eigenvalue weighted by atomic mass is 32.3. The topological polar surface area (TPSA) is 101 Å². The third-order valence-electron chi connectivity index (χ3n) is 2.15. The fraction of sp³-hybridized carbons (Fsp3) is 1.00. The Morgan fingerprint density at radius 2 is 1.65 bits per heavy atom. The molecule has 6 nitrogen and oxygen atoms in total. The third kappa shape index (κ3) is 7.69. The molecule has 0 heterocycles. The maximum atomic E-state index is 11.6. The summed E-state index contributed by atoms with van der Waals surface area (Å²) in [6.07, 6.45) is 1.11. The SMILES string of the molecule is CC(C)(C)C(CCO)NS(=O)(=O)CS(C)(=O)=O. The smallest absolute Gasteiger partial charge is 0.226 e. The van der Waals surface area contributed by atoms with E-state index in [1.165, 1.54) is 0 Å². The number of hydrogen-bond donors (Lipinski definition) is 2. The molecule has 0 fully saturated rings. The second-order valence-electron chi connectivity index (χ2n) is 5.21. The van der Waals surface area contributed by atoms with Crippen LogP contribution in [0.15, 0.2) is 0 Å². The Morgan fingerprint density at radius 1 is 1.18 bits per heavy atom. The van der Waals surface area contributed by atoms with E-state index in [9.17, 15) is 16.8 Å². The van der Waals surface area contributed by atoms with E-state index >= 15 is 0 Å². The number of nitrogens with one attached hydrogen (secondary N) is 1. The van der Waals surface area contributed by atoms with Crippen molar-refractivity contribution in [3.05, 3.63) is 0 Å². The van der Waals surface area contributed by atoms with E-state index in [1.54, 1.807) is 0 Å². The molecule has 0 saturated heterocycles. The fourth-order valence-electron chi connectivity index (χ4n) is 1.33. The van der Waals surface area contributed by atoms with Crippen LogP contribution in [0, 0.1) is 5.41 Å². The molecule has 0 aliphatic carbocycles. The lowest BCUT2D eigenvalue weighted by molar-refractivity contribution is 0.215. The third-order valence-corrected chi connectivity index (χ3v) is 5.75. The van der Waals surface area contributed by atoms with Gasteiger partial charge in [-0.15, -0.1) is 0 Å². The van der Waals surface area contributed by atoms with Gasteiger partial charge >= 0.3 is 0 Å². The standard InChI is InChI=1S/C9H21NO5S2/c1-9(2,3)8(5-6-11)10-17(14,15)7-16(4,12)13/h8,10-11H,5-7H2,1-4H3. The summed E-state index contributed by atoms with van der Waals surface area (Å²) < 4.78 is 47.5. The van der Waals surface area contributed by atoms with Crippen LogP contribution in [-0.2, 0) is 19.9 Å². The van der Waals surface area contributed by atoms with Crippen molar-refractivity contribution in [2.24, 2.45) is 5.41 Å². The molecule has 0 aliphatic rings. The van der Waals surface area contributed by atoms with Crippen molar-refractivity contribution in [1.82, 2.24) is 4.72 Å². The van der Waals surface area contributed by atoms with Gasteiger partial charge in [0.15, 0.2) is 14.9 Å². The molecule has 0 saturated carbocycles. The molecule has 0 aliphatic heterocycles. The van der Waals surface area contributed by atoms with Gasteiger partial charge in [0.1, 0.15) is 0 Å². The Hall–Kier alpha value is -0.180. The molecule has 1 unspecified atom stereocenters. The van der Waals surface area contributed by atoms with Crippen molar-refractivity contribution in [1.29, 1.82) is 0 Å². The minimum Gasteiger partial charge on any atom is -0.396 e. The molecule has 0 amide bonds. The van der Waals surface area contributed by atoms with E-state index in [2.05, 4.69) is 4.72 Å². The van der Waals surface area contributed by atoms with Crippen LogP contribution in [-0.4, -0.2) is 45.9 Å². The first-order chi connectivity index (χ1) is 7.37. The summed E-state index contributed by atoms with van der Waals surface area (Å²) in [5, 5.41) is 7.94. The Morgan fingerprint density at radius 3 is 1.94 bits per heavy atom. The second-order valence-corrected chi connectivity index (χ2v) is 9.47. The molecule has 0 rings (SSSR count). The minimum absolute atomic E-state index is 0.163. The van der Waals surface area contributed by atoms with Gasteiger partial charge in [0.05, 0.1) is 0 Å². The molecule has 0 bridgehead atoms. The van der Waals surface area contributed by atoms with Crippen molar-refractivity contribution in [2.75, 3.05) is 17.9 Å². The molecular weight excluding hydrogens is 266 g/mol. The average Bonchev–Trinajstić information content (AvgIpc) is 1.96. The molecule has 2 N–H and O–H groups in total. The summed E-state index contributed by atoms with van der Waals surface area (Å²) in [4.78, 5) is 0. The van der Waals surface area contributed by atoms with Crippen LogP contribution in [0.25, 0.3) is 0 Å². The fourth-order valence-corrected chi connectivity index (χ4v) is 4.76. The number of rotatable bonds is 6. The number of sulfone groups is 1.